The SMILES string of the molecule is CCOC(=O)C(F)C(C)CC. The summed E-state index contributed by atoms with van der Waals surface area (Å²) in [6, 6.07) is 0. The second-order valence-corrected chi connectivity index (χ2v) is 2.54. The number of carbonyl (C=O) groups excluding carboxylic acids is 1. The molecule has 0 spiro atoms. The van der Waals surface area contributed by atoms with Crippen molar-refractivity contribution in [1.29, 1.82) is 0 Å². The quantitative estimate of drug-likeness (QED) is 0.590. The van der Waals surface area contributed by atoms with Crippen molar-refractivity contribution in [2.45, 2.75) is 33.4 Å². The summed E-state index contributed by atoms with van der Waals surface area (Å²) < 4.78 is 17.4. The van der Waals surface area contributed by atoms with Crippen LogP contribution in [-0.2, 0) is 9.53 Å². The first-order valence-electron chi connectivity index (χ1n) is 3.94. The van der Waals surface area contributed by atoms with Crippen molar-refractivity contribution in [2.24, 2.45) is 5.92 Å². The molecule has 0 fully saturated rings. The van der Waals surface area contributed by atoms with Crippen LogP contribution in [-0.4, -0.2) is 18.7 Å². The topological polar surface area (TPSA) is 26.3 Å². The number of hydrogen-bond acceptors (Lipinski definition) is 2. The van der Waals surface area contributed by atoms with E-state index in [2.05, 4.69) is 4.74 Å². The molecule has 0 aromatic heterocycles. The van der Waals surface area contributed by atoms with Crippen LogP contribution in [0.2, 0.25) is 0 Å². The molecule has 66 valence electrons. The molecule has 3 heteroatoms. The summed E-state index contributed by atoms with van der Waals surface area (Å²) >= 11 is 0. The summed E-state index contributed by atoms with van der Waals surface area (Å²) in [5.74, 6) is -0.976. The maximum atomic E-state index is 12.9. The van der Waals surface area contributed by atoms with Gasteiger partial charge in [-0.2, -0.15) is 0 Å². The van der Waals surface area contributed by atoms with Crippen molar-refractivity contribution in [3.8, 4) is 0 Å². The molecule has 0 saturated heterocycles. The minimum Gasteiger partial charge on any atom is -0.464 e. The van der Waals surface area contributed by atoms with Gasteiger partial charge in [0, 0.05) is 0 Å². The van der Waals surface area contributed by atoms with Crippen molar-refractivity contribution in [3.05, 3.63) is 0 Å². The van der Waals surface area contributed by atoms with Crippen LogP contribution in [0.3, 0.4) is 0 Å². The van der Waals surface area contributed by atoms with Gasteiger partial charge in [-0.1, -0.05) is 20.3 Å². The third-order valence-electron chi connectivity index (χ3n) is 1.66. The van der Waals surface area contributed by atoms with Crippen molar-refractivity contribution >= 4 is 5.97 Å². The lowest BCUT2D eigenvalue weighted by atomic mass is 10.0. The first-order chi connectivity index (χ1) is 5.13. The minimum absolute atomic E-state index is 0.242. The van der Waals surface area contributed by atoms with Gasteiger partial charge in [-0.05, 0) is 12.8 Å². The second-order valence-electron chi connectivity index (χ2n) is 2.54. The van der Waals surface area contributed by atoms with Crippen LogP contribution in [0.5, 0.6) is 0 Å². The molecule has 0 bridgehead atoms. The Morgan fingerprint density at radius 2 is 2.09 bits per heavy atom. The van der Waals surface area contributed by atoms with E-state index < -0.39 is 12.1 Å². The predicted molar refractivity (Wildman–Crippen MR) is 41.0 cm³/mol. The van der Waals surface area contributed by atoms with E-state index in [9.17, 15) is 9.18 Å². The third-order valence-corrected chi connectivity index (χ3v) is 1.66. The summed E-state index contributed by atoms with van der Waals surface area (Å²) in [4.78, 5) is 10.7. The van der Waals surface area contributed by atoms with Gasteiger partial charge in [0.2, 0.25) is 0 Å². The molecule has 0 aliphatic heterocycles. The number of halogens is 1. The second kappa shape index (κ2) is 5.10. The Morgan fingerprint density at radius 3 is 2.45 bits per heavy atom. The summed E-state index contributed by atoms with van der Waals surface area (Å²) in [7, 11) is 0. The van der Waals surface area contributed by atoms with Crippen molar-refractivity contribution in [2.75, 3.05) is 6.61 Å². The Kier molecular flexibility index (Phi) is 4.83. The van der Waals surface area contributed by atoms with Crippen LogP contribution in [0.25, 0.3) is 0 Å². The van der Waals surface area contributed by atoms with E-state index in [4.69, 9.17) is 0 Å². The molecule has 0 N–H and O–H groups in total. The number of hydrogen-bond donors (Lipinski definition) is 0. The molecule has 0 aromatic carbocycles. The number of esters is 1. The van der Waals surface area contributed by atoms with Gasteiger partial charge in [0.05, 0.1) is 6.61 Å². The van der Waals surface area contributed by atoms with E-state index >= 15 is 0 Å². The van der Waals surface area contributed by atoms with Gasteiger partial charge in [-0.3, -0.25) is 0 Å². The number of ether oxygens (including phenoxy) is 1. The Hall–Kier alpha value is -0.600. The first kappa shape index (κ1) is 10.4. The summed E-state index contributed by atoms with van der Waals surface area (Å²) in [5, 5.41) is 0. The number of rotatable bonds is 4. The largest absolute Gasteiger partial charge is 0.464 e. The normalized spacial score (nSPS) is 15.6. The van der Waals surface area contributed by atoms with Gasteiger partial charge in [-0.15, -0.1) is 0 Å². The summed E-state index contributed by atoms with van der Waals surface area (Å²) in [5.41, 5.74) is 0. The molecule has 0 aliphatic carbocycles. The van der Waals surface area contributed by atoms with Crippen LogP contribution in [0.1, 0.15) is 27.2 Å². The lowest BCUT2D eigenvalue weighted by Crippen LogP contribution is -2.25. The van der Waals surface area contributed by atoms with Crippen molar-refractivity contribution in [1.82, 2.24) is 0 Å². The summed E-state index contributed by atoms with van der Waals surface area (Å²) in [6.45, 7) is 5.45. The van der Waals surface area contributed by atoms with E-state index in [0.717, 1.165) is 0 Å². The molecule has 0 heterocycles. The Morgan fingerprint density at radius 1 is 1.55 bits per heavy atom. The van der Waals surface area contributed by atoms with Gasteiger partial charge in [0.1, 0.15) is 0 Å². The lowest BCUT2D eigenvalue weighted by molar-refractivity contribution is -0.151. The zero-order valence-electron chi connectivity index (χ0n) is 7.26. The van der Waals surface area contributed by atoms with Crippen LogP contribution in [0.4, 0.5) is 4.39 Å². The van der Waals surface area contributed by atoms with E-state index in [1.807, 2.05) is 6.92 Å². The van der Waals surface area contributed by atoms with Crippen LogP contribution in [0, 0.1) is 5.92 Å². The Bertz CT molecular complexity index is 125. The van der Waals surface area contributed by atoms with Crippen molar-refractivity contribution in [3.63, 3.8) is 0 Å². The smallest absolute Gasteiger partial charge is 0.340 e. The summed E-state index contributed by atoms with van der Waals surface area (Å²) in [6.07, 6.45) is -0.806. The van der Waals surface area contributed by atoms with Gasteiger partial charge in [0.25, 0.3) is 0 Å². The maximum Gasteiger partial charge on any atom is 0.340 e. The van der Waals surface area contributed by atoms with Crippen molar-refractivity contribution < 1.29 is 13.9 Å². The average Bonchev–Trinajstić information content (AvgIpc) is 2.02. The molecule has 2 nitrogen and oxygen atoms in total. The molecule has 0 saturated carbocycles. The molecule has 0 rings (SSSR count). The molecule has 0 amide bonds. The van der Waals surface area contributed by atoms with Crippen LogP contribution >= 0.6 is 0 Å². The van der Waals surface area contributed by atoms with E-state index in [0.29, 0.717) is 6.42 Å². The fraction of sp³-hybridized carbons (Fsp3) is 0.875. The van der Waals surface area contributed by atoms with E-state index in [1.54, 1.807) is 13.8 Å². The minimum atomic E-state index is -1.46. The number of alkyl halides is 1. The zero-order valence-corrected chi connectivity index (χ0v) is 7.26. The van der Waals surface area contributed by atoms with E-state index in [1.165, 1.54) is 0 Å². The molecular weight excluding hydrogens is 147 g/mol. The van der Waals surface area contributed by atoms with E-state index in [-0.39, 0.29) is 12.5 Å². The van der Waals surface area contributed by atoms with Gasteiger partial charge < -0.3 is 4.74 Å². The van der Waals surface area contributed by atoms with Crippen LogP contribution < -0.4 is 0 Å². The maximum absolute atomic E-state index is 12.9. The highest BCUT2D eigenvalue weighted by Gasteiger charge is 2.23. The Balaban J connectivity index is 3.80. The highest BCUT2D eigenvalue weighted by Crippen LogP contribution is 2.12. The highest BCUT2D eigenvalue weighted by atomic mass is 19.1. The molecular formula is C8H15FO2. The fourth-order valence-electron chi connectivity index (χ4n) is 0.661. The molecule has 2 unspecified atom stereocenters. The number of carbonyl (C=O) groups is 1. The standard InChI is InChI=1S/C8H15FO2/c1-4-6(3)7(9)8(10)11-5-2/h6-7H,4-5H2,1-3H3. The van der Waals surface area contributed by atoms with Crippen LogP contribution in [0.15, 0.2) is 0 Å². The van der Waals surface area contributed by atoms with Gasteiger partial charge in [0.15, 0.2) is 6.17 Å². The first-order valence-corrected chi connectivity index (χ1v) is 3.94. The van der Waals surface area contributed by atoms with Gasteiger partial charge >= 0.3 is 5.97 Å². The monoisotopic (exact) mass is 162 g/mol. The zero-order chi connectivity index (χ0) is 8.85. The third kappa shape index (κ3) is 3.35. The molecule has 2 atom stereocenters. The van der Waals surface area contributed by atoms with Gasteiger partial charge in [-0.25, -0.2) is 9.18 Å². The fourth-order valence-corrected chi connectivity index (χ4v) is 0.661. The average molecular weight is 162 g/mol. The highest BCUT2D eigenvalue weighted by molar-refractivity contribution is 5.74. The predicted octanol–water partition coefficient (Wildman–Crippen LogP) is 1.93. The molecule has 0 aromatic rings. The lowest BCUT2D eigenvalue weighted by Gasteiger charge is -2.12. The Labute approximate surface area is 66.7 Å². The molecule has 11 heavy (non-hydrogen) atoms. The molecule has 0 radical (unpaired) electrons. The molecule has 0 aliphatic rings.